The molecule has 0 fully saturated rings. The maximum atomic E-state index is 5.72. The van der Waals surface area contributed by atoms with Crippen molar-refractivity contribution in [3.63, 3.8) is 0 Å². The highest BCUT2D eigenvalue weighted by molar-refractivity contribution is 5.77. The summed E-state index contributed by atoms with van der Waals surface area (Å²) >= 11 is 0. The summed E-state index contributed by atoms with van der Waals surface area (Å²) in [5.74, 6) is 2.08. The van der Waals surface area contributed by atoms with Crippen LogP contribution in [0.3, 0.4) is 0 Å². The van der Waals surface area contributed by atoms with Crippen molar-refractivity contribution in [3.8, 4) is 0 Å². The van der Waals surface area contributed by atoms with Crippen LogP contribution in [0.2, 0.25) is 0 Å². The second-order valence-electron chi connectivity index (χ2n) is 4.46. The topological polar surface area (TPSA) is 59.4 Å². The number of nitrogens with zero attached hydrogens (tertiary/aromatic N) is 4. The highest BCUT2D eigenvalue weighted by atomic mass is 15.2. The Morgan fingerprint density at radius 1 is 1.56 bits per heavy atom. The number of rotatable bonds is 4. The Bertz CT molecular complexity index is 351. The van der Waals surface area contributed by atoms with Gasteiger partial charge in [-0.15, -0.1) is 0 Å². The molecule has 0 amide bonds. The number of hydrogen-bond acceptors (Lipinski definition) is 2. The van der Waals surface area contributed by atoms with Crippen LogP contribution in [0.15, 0.2) is 17.4 Å². The van der Waals surface area contributed by atoms with E-state index in [0.717, 1.165) is 12.4 Å². The normalized spacial score (nSPS) is 12.2. The summed E-state index contributed by atoms with van der Waals surface area (Å²) < 4.78 is 2.12. The van der Waals surface area contributed by atoms with Crippen molar-refractivity contribution in [1.82, 2.24) is 14.5 Å². The molecular formula is C11H21N5. The van der Waals surface area contributed by atoms with E-state index in [-0.39, 0.29) is 0 Å². The predicted molar refractivity (Wildman–Crippen MR) is 66.1 cm³/mol. The van der Waals surface area contributed by atoms with Crippen LogP contribution in [0, 0.1) is 5.92 Å². The third-order valence-electron chi connectivity index (χ3n) is 2.20. The lowest BCUT2D eigenvalue weighted by Crippen LogP contribution is -2.30. The van der Waals surface area contributed by atoms with Gasteiger partial charge in [-0.05, 0) is 5.92 Å². The fourth-order valence-electron chi connectivity index (χ4n) is 1.34. The van der Waals surface area contributed by atoms with Crippen molar-refractivity contribution >= 4 is 5.96 Å². The number of aromatic nitrogens is 2. The summed E-state index contributed by atoms with van der Waals surface area (Å²) in [6.45, 7) is 5.86. The average Bonchev–Trinajstić information content (AvgIpc) is 2.60. The maximum Gasteiger partial charge on any atom is 0.191 e. The molecule has 0 radical (unpaired) electrons. The number of guanidine groups is 1. The molecule has 5 heteroatoms. The molecule has 0 aromatic carbocycles. The van der Waals surface area contributed by atoms with E-state index in [9.17, 15) is 0 Å². The average molecular weight is 223 g/mol. The van der Waals surface area contributed by atoms with Crippen molar-refractivity contribution < 1.29 is 0 Å². The zero-order valence-electron chi connectivity index (χ0n) is 10.5. The standard InChI is InChI=1S/C11H21N5/c1-9(2)8-16-6-5-13-10(16)7-14-11(12)15(3)4/h5-6,9H,7-8H2,1-4H3,(H2,12,14). The lowest BCUT2D eigenvalue weighted by molar-refractivity contribution is 0.506. The van der Waals surface area contributed by atoms with Crippen LogP contribution in [0.4, 0.5) is 0 Å². The van der Waals surface area contributed by atoms with Crippen molar-refractivity contribution in [2.45, 2.75) is 26.9 Å². The van der Waals surface area contributed by atoms with Crippen molar-refractivity contribution in [2.24, 2.45) is 16.6 Å². The van der Waals surface area contributed by atoms with E-state index < -0.39 is 0 Å². The molecule has 5 nitrogen and oxygen atoms in total. The predicted octanol–water partition coefficient (Wildman–Crippen LogP) is 0.915. The van der Waals surface area contributed by atoms with Gasteiger partial charge in [0.1, 0.15) is 12.4 Å². The molecule has 0 aliphatic rings. The van der Waals surface area contributed by atoms with Gasteiger partial charge in [-0.1, -0.05) is 13.8 Å². The number of imidazole rings is 1. The Kier molecular flexibility index (Phi) is 4.34. The van der Waals surface area contributed by atoms with E-state index in [0.29, 0.717) is 18.4 Å². The van der Waals surface area contributed by atoms with Gasteiger partial charge in [0.2, 0.25) is 0 Å². The van der Waals surface area contributed by atoms with Gasteiger partial charge in [0.25, 0.3) is 0 Å². The first-order valence-electron chi connectivity index (χ1n) is 5.48. The van der Waals surface area contributed by atoms with Crippen LogP contribution >= 0.6 is 0 Å². The zero-order valence-corrected chi connectivity index (χ0v) is 10.5. The fraction of sp³-hybridized carbons (Fsp3) is 0.636. The minimum Gasteiger partial charge on any atom is -0.370 e. The summed E-state index contributed by atoms with van der Waals surface area (Å²) in [6, 6.07) is 0. The van der Waals surface area contributed by atoms with Crippen LogP contribution in [-0.2, 0) is 13.1 Å². The van der Waals surface area contributed by atoms with E-state index >= 15 is 0 Å². The van der Waals surface area contributed by atoms with Gasteiger partial charge in [-0.2, -0.15) is 0 Å². The van der Waals surface area contributed by atoms with Crippen molar-refractivity contribution in [1.29, 1.82) is 0 Å². The molecule has 90 valence electrons. The smallest absolute Gasteiger partial charge is 0.191 e. The van der Waals surface area contributed by atoms with Crippen LogP contribution in [0.1, 0.15) is 19.7 Å². The SMILES string of the molecule is CC(C)Cn1ccnc1CN=C(N)N(C)C. The summed E-state index contributed by atoms with van der Waals surface area (Å²) in [7, 11) is 3.75. The molecule has 1 aromatic heterocycles. The molecule has 0 atom stereocenters. The first-order valence-corrected chi connectivity index (χ1v) is 5.48. The maximum absolute atomic E-state index is 5.72. The summed E-state index contributed by atoms with van der Waals surface area (Å²) in [5, 5.41) is 0. The minimum atomic E-state index is 0.527. The summed E-state index contributed by atoms with van der Waals surface area (Å²) in [6.07, 6.45) is 3.79. The molecule has 0 saturated carbocycles. The first kappa shape index (κ1) is 12.5. The Labute approximate surface area is 97.0 Å². The molecule has 0 bridgehead atoms. The molecule has 0 aliphatic heterocycles. The molecule has 0 aliphatic carbocycles. The third-order valence-corrected chi connectivity index (χ3v) is 2.20. The van der Waals surface area contributed by atoms with Gasteiger partial charge < -0.3 is 15.2 Å². The molecule has 1 aromatic rings. The lowest BCUT2D eigenvalue weighted by Gasteiger charge is -2.11. The Morgan fingerprint density at radius 2 is 2.25 bits per heavy atom. The highest BCUT2D eigenvalue weighted by Crippen LogP contribution is 2.04. The van der Waals surface area contributed by atoms with Gasteiger partial charge in [0, 0.05) is 33.0 Å². The Balaban J connectivity index is 2.67. The number of nitrogens with two attached hydrogens (primary N) is 1. The molecule has 1 rings (SSSR count). The molecular weight excluding hydrogens is 202 g/mol. The third kappa shape index (κ3) is 3.56. The fourth-order valence-corrected chi connectivity index (χ4v) is 1.34. The van der Waals surface area contributed by atoms with Gasteiger partial charge in [0.15, 0.2) is 5.96 Å². The molecule has 0 saturated heterocycles. The van der Waals surface area contributed by atoms with E-state index in [1.165, 1.54) is 0 Å². The number of hydrogen-bond donors (Lipinski definition) is 1. The van der Waals surface area contributed by atoms with E-state index in [1.807, 2.05) is 20.3 Å². The monoisotopic (exact) mass is 223 g/mol. The lowest BCUT2D eigenvalue weighted by atomic mass is 10.2. The quantitative estimate of drug-likeness (QED) is 0.610. The zero-order chi connectivity index (χ0) is 12.1. The second-order valence-corrected chi connectivity index (χ2v) is 4.46. The van der Waals surface area contributed by atoms with E-state index in [4.69, 9.17) is 5.73 Å². The van der Waals surface area contributed by atoms with E-state index in [1.54, 1.807) is 11.1 Å². The van der Waals surface area contributed by atoms with Crippen molar-refractivity contribution in [3.05, 3.63) is 18.2 Å². The van der Waals surface area contributed by atoms with Crippen LogP contribution in [0.5, 0.6) is 0 Å². The first-order chi connectivity index (χ1) is 7.50. The molecule has 0 spiro atoms. The molecule has 1 heterocycles. The van der Waals surface area contributed by atoms with E-state index in [2.05, 4.69) is 28.4 Å². The summed E-state index contributed by atoms with van der Waals surface area (Å²) in [4.78, 5) is 10.3. The summed E-state index contributed by atoms with van der Waals surface area (Å²) in [5.41, 5.74) is 5.72. The van der Waals surface area contributed by atoms with Gasteiger partial charge in [-0.25, -0.2) is 9.98 Å². The van der Waals surface area contributed by atoms with Crippen LogP contribution in [0.25, 0.3) is 0 Å². The second kappa shape index (κ2) is 5.53. The van der Waals surface area contributed by atoms with Crippen LogP contribution < -0.4 is 5.73 Å². The highest BCUT2D eigenvalue weighted by Gasteiger charge is 2.04. The van der Waals surface area contributed by atoms with Gasteiger partial charge in [0.05, 0.1) is 0 Å². The molecule has 16 heavy (non-hydrogen) atoms. The molecule has 2 N–H and O–H groups in total. The largest absolute Gasteiger partial charge is 0.370 e. The number of aliphatic imine (C=N–C) groups is 1. The van der Waals surface area contributed by atoms with Gasteiger partial charge in [-0.3, -0.25) is 0 Å². The van der Waals surface area contributed by atoms with Gasteiger partial charge >= 0.3 is 0 Å². The Hall–Kier alpha value is -1.52. The Morgan fingerprint density at radius 3 is 2.81 bits per heavy atom. The van der Waals surface area contributed by atoms with Crippen molar-refractivity contribution in [2.75, 3.05) is 14.1 Å². The molecule has 0 unspecified atom stereocenters. The van der Waals surface area contributed by atoms with Crippen LogP contribution in [-0.4, -0.2) is 34.5 Å². The minimum absolute atomic E-state index is 0.527.